The molecule has 0 bridgehead atoms. The molecule has 0 saturated heterocycles. The van der Waals surface area contributed by atoms with Gasteiger partial charge in [-0.25, -0.2) is 9.78 Å². The second-order valence-corrected chi connectivity index (χ2v) is 10.9. The molecule has 198 valence electrons. The SMILES string of the molecule is C=CC(=O)NC1CCC[C@@H](NC(=O)c2sc3nccc4c3c2NC(=O)N4c2ccc(OC(C)C)cc2C)C1. The molecule has 3 aromatic rings. The van der Waals surface area contributed by atoms with Gasteiger partial charge in [0.25, 0.3) is 5.91 Å². The molecule has 5 rings (SSSR count). The van der Waals surface area contributed by atoms with Crippen LogP contribution in [0.25, 0.3) is 10.2 Å². The van der Waals surface area contributed by atoms with Crippen molar-refractivity contribution < 1.29 is 19.1 Å². The van der Waals surface area contributed by atoms with E-state index in [1.807, 2.05) is 39.0 Å². The van der Waals surface area contributed by atoms with Crippen molar-refractivity contribution in [1.29, 1.82) is 0 Å². The molecule has 1 aliphatic carbocycles. The Labute approximate surface area is 225 Å². The lowest BCUT2D eigenvalue weighted by molar-refractivity contribution is -0.117. The zero-order valence-electron chi connectivity index (χ0n) is 21.7. The van der Waals surface area contributed by atoms with Crippen LogP contribution in [-0.2, 0) is 4.79 Å². The van der Waals surface area contributed by atoms with Crippen LogP contribution >= 0.6 is 11.3 Å². The first-order valence-electron chi connectivity index (χ1n) is 12.8. The molecule has 0 radical (unpaired) electrons. The van der Waals surface area contributed by atoms with Gasteiger partial charge >= 0.3 is 6.03 Å². The Morgan fingerprint density at radius 1 is 1.21 bits per heavy atom. The highest BCUT2D eigenvalue weighted by Crippen LogP contribution is 2.46. The van der Waals surface area contributed by atoms with Crippen LogP contribution in [0.3, 0.4) is 0 Å². The number of thiophene rings is 1. The summed E-state index contributed by atoms with van der Waals surface area (Å²) in [6.07, 6.45) is 6.19. The number of hydrogen-bond acceptors (Lipinski definition) is 6. The van der Waals surface area contributed by atoms with Crippen LogP contribution < -0.4 is 25.6 Å². The van der Waals surface area contributed by atoms with E-state index < -0.39 is 0 Å². The van der Waals surface area contributed by atoms with Crippen molar-refractivity contribution in [2.24, 2.45) is 0 Å². The van der Waals surface area contributed by atoms with Gasteiger partial charge in [-0.2, -0.15) is 0 Å². The van der Waals surface area contributed by atoms with Crippen LogP contribution in [0.5, 0.6) is 5.75 Å². The Morgan fingerprint density at radius 2 is 1.97 bits per heavy atom. The number of hydrogen-bond donors (Lipinski definition) is 3. The third-order valence-electron chi connectivity index (χ3n) is 6.77. The smallest absolute Gasteiger partial charge is 0.331 e. The van der Waals surface area contributed by atoms with Crippen LogP contribution in [-0.4, -0.2) is 41.0 Å². The quantitative estimate of drug-likeness (QED) is 0.351. The normalized spacial score (nSPS) is 18.7. The maximum atomic E-state index is 13.4. The minimum Gasteiger partial charge on any atom is -0.491 e. The summed E-state index contributed by atoms with van der Waals surface area (Å²) in [6.45, 7) is 9.37. The molecule has 3 heterocycles. The number of urea groups is 1. The zero-order chi connectivity index (χ0) is 27.0. The third kappa shape index (κ3) is 4.96. The minimum absolute atomic E-state index is 0.0117. The first kappa shape index (κ1) is 25.7. The van der Waals surface area contributed by atoms with E-state index in [9.17, 15) is 14.4 Å². The summed E-state index contributed by atoms with van der Waals surface area (Å²) >= 11 is 1.26. The highest BCUT2D eigenvalue weighted by Gasteiger charge is 2.34. The van der Waals surface area contributed by atoms with E-state index >= 15 is 0 Å². The summed E-state index contributed by atoms with van der Waals surface area (Å²) in [6, 6.07) is 6.99. The summed E-state index contributed by atoms with van der Waals surface area (Å²) in [5.41, 5.74) is 2.77. The molecular weight excluding hydrogens is 502 g/mol. The maximum absolute atomic E-state index is 13.4. The first-order valence-corrected chi connectivity index (χ1v) is 13.6. The summed E-state index contributed by atoms with van der Waals surface area (Å²) in [5.74, 6) is 0.275. The van der Waals surface area contributed by atoms with E-state index in [1.165, 1.54) is 17.4 Å². The number of rotatable bonds is 7. The van der Waals surface area contributed by atoms with Gasteiger partial charge in [0.1, 0.15) is 15.5 Å². The number of anilines is 3. The van der Waals surface area contributed by atoms with Crippen LogP contribution in [0.4, 0.5) is 21.9 Å². The largest absolute Gasteiger partial charge is 0.491 e. The number of carbonyl (C=O) groups excluding carboxylic acids is 3. The van der Waals surface area contributed by atoms with Gasteiger partial charge in [-0.15, -0.1) is 11.3 Å². The first-order chi connectivity index (χ1) is 18.2. The number of pyridine rings is 1. The maximum Gasteiger partial charge on any atom is 0.331 e. The van der Waals surface area contributed by atoms with E-state index in [-0.39, 0.29) is 36.0 Å². The Balaban J connectivity index is 1.43. The lowest BCUT2D eigenvalue weighted by atomic mass is 9.91. The van der Waals surface area contributed by atoms with Crippen molar-refractivity contribution >= 4 is 56.5 Å². The number of aromatic nitrogens is 1. The number of ether oxygens (including phenoxy) is 1. The Kier molecular flexibility index (Phi) is 7.07. The molecule has 1 saturated carbocycles. The fourth-order valence-corrected chi connectivity index (χ4v) is 6.19. The van der Waals surface area contributed by atoms with E-state index in [4.69, 9.17) is 4.74 Å². The number of benzene rings is 1. The van der Waals surface area contributed by atoms with Crippen LogP contribution in [0.2, 0.25) is 0 Å². The monoisotopic (exact) mass is 533 g/mol. The van der Waals surface area contributed by atoms with Crippen molar-refractivity contribution in [2.75, 3.05) is 10.2 Å². The van der Waals surface area contributed by atoms with E-state index in [2.05, 4.69) is 27.5 Å². The summed E-state index contributed by atoms with van der Waals surface area (Å²) in [7, 11) is 0. The molecule has 9 nitrogen and oxygen atoms in total. The van der Waals surface area contributed by atoms with E-state index in [0.717, 1.165) is 41.6 Å². The van der Waals surface area contributed by atoms with Crippen molar-refractivity contribution in [3.63, 3.8) is 0 Å². The molecule has 2 atom stereocenters. The molecule has 3 N–H and O–H groups in total. The van der Waals surface area contributed by atoms with Gasteiger partial charge in [-0.05, 0) is 82.4 Å². The molecule has 2 aliphatic rings. The lowest BCUT2D eigenvalue weighted by Gasteiger charge is -2.31. The molecule has 1 fully saturated rings. The number of nitrogens with zero attached hydrogens (tertiary/aromatic N) is 2. The third-order valence-corrected chi connectivity index (χ3v) is 7.87. The van der Waals surface area contributed by atoms with Gasteiger partial charge in [0.2, 0.25) is 5.91 Å². The Hall–Kier alpha value is -3.92. The summed E-state index contributed by atoms with van der Waals surface area (Å²) < 4.78 is 5.80. The van der Waals surface area contributed by atoms with Gasteiger partial charge in [-0.1, -0.05) is 6.58 Å². The van der Waals surface area contributed by atoms with Gasteiger partial charge in [-0.3, -0.25) is 14.5 Å². The molecule has 1 aliphatic heterocycles. The molecule has 38 heavy (non-hydrogen) atoms. The predicted molar refractivity (Wildman–Crippen MR) is 150 cm³/mol. The van der Waals surface area contributed by atoms with Gasteiger partial charge in [0.05, 0.1) is 28.6 Å². The van der Waals surface area contributed by atoms with Gasteiger partial charge in [0, 0.05) is 18.3 Å². The second kappa shape index (κ2) is 10.4. The van der Waals surface area contributed by atoms with Crippen molar-refractivity contribution in [3.8, 4) is 5.75 Å². The predicted octanol–water partition coefficient (Wildman–Crippen LogP) is 5.42. The van der Waals surface area contributed by atoms with E-state index in [1.54, 1.807) is 17.2 Å². The minimum atomic E-state index is -0.344. The van der Waals surface area contributed by atoms with Gasteiger partial charge < -0.3 is 20.7 Å². The average Bonchev–Trinajstić information content (AvgIpc) is 3.24. The molecule has 1 aromatic carbocycles. The number of carbonyl (C=O) groups is 3. The highest BCUT2D eigenvalue weighted by molar-refractivity contribution is 7.21. The number of amides is 4. The average molecular weight is 534 g/mol. The highest BCUT2D eigenvalue weighted by atomic mass is 32.1. The fraction of sp³-hybridized carbons (Fsp3) is 0.357. The van der Waals surface area contributed by atoms with Gasteiger partial charge in [0.15, 0.2) is 0 Å². The number of aryl methyl sites for hydroxylation is 1. The van der Waals surface area contributed by atoms with Crippen molar-refractivity contribution in [3.05, 3.63) is 53.6 Å². The lowest BCUT2D eigenvalue weighted by Crippen LogP contribution is -2.45. The van der Waals surface area contributed by atoms with E-state index in [0.29, 0.717) is 27.5 Å². The zero-order valence-corrected chi connectivity index (χ0v) is 22.5. The summed E-state index contributed by atoms with van der Waals surface area (Å²) in [4.78, 5) is 45.8. The summed E-state index contributed by atoms with van der Waals surface area (Å²) in [5, 5.41) is 9.73. The molecule has 10 heteroatoms. The molecule has 4 amide bonds. The molecule has 1 unspecified atom stereocenters. The fourth-order valence-electron chi connectivity index (χ4n) is 5.17. The Bertz CT molecular complexity index is 1430. The van der Waals surface area contributed by atoms with Crippen LogP contribution in [0.15, 0.2) is 43.1 Å². The standard InChI is InChI=1S/C28H31N5O4S/c1-5-22(34)30-17-7-6-8-18(14-17)31-26(35)25-24-23-21(11-12-29-27(23)38-25)33(28(36)32-24)20-10-9-19(13-16(20)4)37-15(2)3/h5,9-13,15,17-18H,1,6-8,14H2,2-4H3,(H,30,34)(H,31,35)(H,32,36)/t17?,18-/m1/s1. The topological polar surface area (TPSA) is 113 Å². The Morgan fingerprint density at radius 3 is 2.68 bits per heavy atom. The van der Waals surface area contributed by atoms with Crippen molar-refractivity contribution in [2.45, 2.75) is 64.6 Å². The second-order valence-electron chi connectivity index (χ2n) is 9.94. The molecule has 2 aromatic heterocycles. The molecule has 0 spiro atoms. The van der Waals surface area contributed by atoms with Crippen LogP contribution in [0, 0.1) is 6.92 Å². The van der Waals surface area contributed by atoms with Crippen molar-refractivity contribution in [1.82, 2.24) is 15.6 Å². The number of nitrogens with one attached hydrogen (secondary N) is 3. The molecular formula is C28H31N5O4S. The van der Waals surface area contributed by atoms with Crippen LogP contribution in [0.1, 0.15) is 54.8 Å².